The second kappa shape index (κ2) is 5.92. The number of hydrogen-bond donors (Lipinski definition) is 2. The number of H-pyrrole nitrogens is 1. The first kappa shape index (κ1) is 17.0. The normalized spacial score (nSPS) is 16.4. The van der Waals surface area contributed by atoms with Crippen LogP contribution in [-0.4, -0.2) is 32.4 Å². The molecule has 1 aliphatic heterocycles. The lowest BCUT2D eigenvalue weighted by Crippen LogP contribution is -2.31. The molecule has 3 aromatic rings. The molecule has 2 aromatic heterocycles. The largest absolute Gasteiger partial charge is 0.477 e. The van der Waals surface area contributed by atoms with E-state index in [1.807, 2.05) is 16.4 Å². The predicted molar refractivity (Wildman–Crippen MR) is 101 cm³/mol. The molecule has 1 fully saturated rings. The second-order valence-electron chi connectivity index (χ2n) is 7.58. The van der Waals surface area contributed by atoms with E-state index in [4.69, 9.17) is 0 Å². The summed E-state index contributed by atoms with van der Waals surface area (Å²) in [6, 6.07) is 3.04. The van der Waals surface area contributed by atoms with Crippen LogP contribution in [0.3, 0.4) is 0 Å². The fourth-order valence-corrected chi connectivity index (χ4v) is 4.04. The van der Waals surface area contributed by atoms with Crippen LogP contribution in [0.4, 0.5) is 10.1 Å². The molecule has 0 radical (unpaired) electrons. The maximum Gasteiger partial charge on any atom is 0.341 e. The zero-order valence-electron chi connectivity index (χ0n) is 15.3. The van der Waals surface area contributed by atoms with Gasteiger partial charge in [0, 0.05) is 48.4 Å². The fraction of sp³-hybridized carbons (Fsp3) is 0.350. The summed E-state index contributed by atoms with van der Waals surface area (Å²) >= 11 is 0. The number of pyridine rings is 1. The van der Waals surface area contributed by atoms with Crippen molar-refractivity contribution in [1.82, 2.24) is 14.8 Å². The van der Waals surface area contributed by atoms with Crippen LogP contribution >= 0.6 is 0 Å². The van der Waals surface area contributed by atoms with Gasteiger partial charge < -0.3 is 14.6 Å². The Balaban J connectivity index is 1.67. The molecule has 3 heterocycles. The monoisotopic (exact) mass is 382 g/mol. The smallest absolute Gasteiger partial charge is 0.341 e. The Morgan fingerprint density at radius 3 is 2.86 bits per heavy atom. The van der Waals surface area contributed by atoms with E-state index in [1.165, 1.54) is 12.3 Å². The molecular weight excluding hydrogens is 363 g/mol. The summed E-state index contributed by atoms with van der Waals surface area (Å²) in [5.74, 6) is -1.80. The van der Waals surface area contributed by atoms with Crippen LogP contribution in [-0.2, 0) is 13.0 Å². The zero-order valence-corrected chi connectivity index (χ0v) is 15.3. The van der Waals surface area contributed by atoms with Gasteiger partial charge in [-0.2, -0.15) is 5.10 Å². The molecule has 7 nitrogen and oxygen atoms in total. The molecule has 28 heavy (non-hydrogen) atoms. The van der Waals surface area contributed by atoms with Crippen LogP contribution < -0.4 is 10.3 Å². The van der Waals surface area contributed by atoms with Gasteiger partial charge in [-0.05, 0) is 31.9 Å². The number of anilines is 1. The summed E-state index contributed by atoms with van der Waals surface area (Å²) < 4.78 is 16.8. The Hall–Kier alpha value is -3.16. The first-order valence-electron chi connectivity index (χ1n) is 9.33. The van der Waals surface area contributed by atoms with Crippen LogP contribution in [0.25, 0.3) is 10.9 Å². The van der Waals surface area contributed by atoms with Gasteiger partial charge in [-0.3, -0.25) is 9.89 Å². The number of aromatic amines is 1. The van der Waals surface area contributed by atoms with Crippen molar-refractivity contribution in [2.24, 2.45) is 0 Å². The molecule has 0 amide bonds. The van der Waals surface area contributed by atoms with Crippen molar-refractivity contribution in [2.75, 3.05) is 11.4 Å². The van der Waals surface area contributed by atoms with Crippen molar-refractivity contribution in [3.05, 3.63) is 56.9 Å². The Bertz CT molecular complexity index is 1190. The standard InChI is InChI=1S/C20H19FN4O3/c1-10-13-8-24(5-4-16(13)23-22-10)18-7-17-12(6-15(18)21)19(26)14(20(27)28)9-25(17)11-2-3-11/h6-7,9,11H,2-5,8H2,1H3,(H,22,23)(H,27,28). The second-order valence-corrected chi connectivity index (χ2v) is 7.58. The number of carboxylic acids is 1. The van der Waals surface area contributed by atoms with Gasteiger partial charge >= 0.3 is 5.97 Å². The van der Waals surface area contributed by atoms with E-state index in [-0.39, 0.29) is 17.0 Å². The lowest BCUT2D eigenvalue weighted by atomic mass is 10.0. The number of nitrogens with one attached hydrogen (secondary N) is 1. The van der Waals surface area contributed by atoms with E-state index in [2.05, 4.69) is 10.2 Å². The maximum atomic E-state index is 15.0. The summed E-state index contributed by atoms with van der Waals surface area (Å²) in [6.07, 6.45) is 3.96. The fourth-order valence-electron chi connectivity index (χ4n) is 4.04. The molecule has 2 N–H and O–H groups in total. The van der Waals surface area contributed by atoms with E-state index in [0.29, 0.717) is 30.7 Å². The molecule has 1 saturated carbocycles. The van der Waals surface area contributed by atoms with Gasteiger partial charge in [0.1, 0.15) is 11.4 Å². The van der Waals surface area contributed by atoms with Gasteiger partial charge in [0.25, 0.3) is 0 Å². The molecule has 8 heteroatoms. The molecule has 0 atom stereocenters. The summed E-state index contributed by atoms with van der Waals surface area (Å²) in [5, 5.41) is 16.7. The minimum absolute atomic E-state index is 0.116. The van der Waals surface area contributed by atoms with E-state index >= 15 is 4.39 Å². The number of fused-ring (bicyclic) bond motifs is 2. The molecule has 144 valence electrons. The van der Waals surface area contributed by atoms with Crippen molar-refractivity contribution >= 4 is 22.6 Å². The van der Waals surface area contributed by atoms with Crippen molar-refractivity contribution in [1.29, 1.82) is 0 Å². The van der Waals surface area contributed by atoms with Crippen molar-refractivity contribution in [3.8, 4) is 0 Å². The number of hydrogen-bond acceptors (Lipinski definition) is 4. The molecular formula is C20H19FN4O3. The summed E-state index contributed by atoms with van der Waals surface area (Å²) in [7, 11) is 0. The zero-order chi connectivity index (χ0) is 19.6. The lowest BCUT2D eigenvalue weighted by Gasteiger charge is -2.29. The third kappa shape index (κ3) is 2.51. The number of aryl methyl sites for hydroxylation is 1. The van der Waals surface area contributed by atoms with Gasteiger partial charge in [0.2, 0.25) is 5.43 Å². The molecule has 1 aliphatic carbocycles. The first-order chi connectivity index (χ1) is 13.4. The average molecular weight is 382 g/mol. The lowest BCUT2D eigenvalue weighted by molar-refractivity contribution is 0.0695. The molecule has 0 bridgehead atoms. The molecule has 2 aliphatic rings. The minimum atomic E-state index is -1.29. The first-order valence-corrected chi connectivity index (χ1v) is 9.33. The third-order valence-corrected chi connectivity index (χ3v) is 5.74. The molecule has 0 spiro atoms. The molecule has 5 rings (SSSR count). The van der Waals surface area contributed by atoms with Crippen molar-refractivity contribution in [2.45, 2.75) is 38.8 Å². The molecule has 1 aromatic carbocycles. The van der Waals surface area contributed by atoms with Gasteiger partial charge in [-0.1, -0.05) is 0 Å². The number of carbonyl (C=O) groups is 1. The number of nitrogens with zero attached hydrogens (tertiary/aromatic N) is 3. The highest BCUT2D eigenvalue weighted by Crippen LogP contribution is 2.38. The Kier molecular flexibility index (Phi) is 3.59. The summed E-state index contributed by atoms with van der Waals surface area (Å²) in [4.78, 5) is 26.0. The number of carboxylic acid groups (broad SMARTS) is 1. The average Bonchev–Trinajstić information content (AvgIpc) is 3.45. The Morgan fingerprint density at radius 2 is 2.14 bits per heavy atom. The van der Waals surface area contributed by atoms with Crippen molar-refractivity contribution < 1.29 is 14.3 Å². The predicted octanol–water partition coefficient (Wildman–Crippen LogP) is 2.77. The van der Waals surface area contributed by atoms with Crippen LogP contribution in [0.2, 0.25) is 0 Å². The molecule has 0 unspecified atom stereocenters. The third-order valence-electron chi connectivity index (χ3n) is 5.74. The number of rotatable bonds is 3. The van der Waals surface area contributed by atoms with Crippen LogP contribution in [0, 0.1) is 12.7 Å². The molecule has 0 saturated heterocycles. The summed E-state index contributed by atoms with van der Waals surface area (Å²) in [5.41, 5.74) is 3.11. The highest BCUT2D eigenvalue weighted by molar-refractivity contribution is 5.93. The van der Waals surface area contributed by atoms with E-state index in [0.717, 1.165) is 29.8 Å². The highest BCUT2D eigenvalue weighted by Gasteiger charge is 2.29. The Morgan fingerprint density at radius 1 is 1.36 bits per heavy atom. The number of halogens is 1. The maximum absolute atomic E-state index is 15.0. The quantitative estimate of drug-likeness (QED) is 0.727. The van der Waals surface area contributed by atoms with Gasteiger partial charge in [-0.15, -0.1) is 0 Å². The summed E-state index contributed by atoms with van der Waals surface area (Å²) in [6.45, 7) is 3.12. The number of aromatic nitrogens is 3. The Labute approximate surface area is 159 Å². The van der Waals surface area contributed by atoms with Crippen LogP contribution in [0.1, 0.15) is 46.2 Å². The van der Waals surface area contributed by atoms with E-state index in [9.17, 15) is 14.7 Å². The van der Waals surface area contributed by atoms with Gasteiger partial charge in [0.05, 0.1) is 16.9 Å². The van der Waals surface area contributed by atoms with Gasteiger partial charge in [0.15, 0.2) is 0 Å². The number of benzene rings is 1. The SMILES string of the molecule is Cc1[nH]nc2c1CN(c1cc3c(cc1F)c(=O)c(C(=O)O)cn3C1CC1)CC2. The topological polar surface area (TPSA) is 91.2 Å². The van der Waals surface area contributed by atoms with E-state index < -0.39 is 17.2 Å². The minimum Gasteiger partial charge on any atom is -0.477 e. The number of aromatic carboxylic acids is 1. The van der Waals surface area contributed by atoms with Crippen molar-refractivity contribution in [3.63, 3.8) is 0 Å². The van der Waals surface area contributed by atoms with Crippen LogP contribution in [0.5, 0.6) is 0 Å². The van der Waals surface area contributed by atoms with Gasteiger partial charge in [-0.25, -0.2) is 9.18 Å². The highest BCUT2D eigenvalue weighted by atomic mass is 19.1. The van der Waals surface area contributed by atoms with Crippen LogP contribution in [0.15, 0.2) is 23.1 Å². The van der Waals surface area contributed by atoms with E-state index in [1.54, 1.807) is 6.07 Å².